The molecule has 2 aromatic carbocycles. The summed E-state index contributed by atoms with van der Waals surface area (Å²) in [5.41, 5.74) is 4.80. The molecule has 124 valence electrons. The van der Waals surface area contributed by atoms with E-state index in [2.05, 4.69) is 58.5 Å². The predicted molar refractivity (Wildman–Crippen MR) is 104 cm³/mol. The Hall–Kier alpha value is -2.68. The van der Waals surface area contributed by atoms with Gasteiger partial charge in [-0.2, -0.15) is 4.99 Å². The highest BCUT2D eigenvalue weighted by Crippen LogP contribution is 2.27. The minimum absolute atomic E-state index is 0.222. The number of aliphatic imine (C=N–C) groups is 1. The quantitative estimate of drug-likeness (QED) is 0.403. The number of aromatic nitrogens is 1. The van der Waals surface area contributed by atoms with Gasteiger partial charge >= 0.3 is 0 Å². The molecular weight excluding hydrogens is 331 g/mol. The Morgan fingerprint density at radius 3 is 2.16 bits per heavy atom. The molecule has 3 rings (SSSR count). The number of hydrogen-bond acceptors (Lipinski definition) is 3. The second-order valence-electron chi connectivity index (χ2n) is 5.75. The summed E-state index contributed by atoms with van der Waals surface area (Å²) < 4.78 is 14.2. The van der Waals surface area contributed by atoms with Crippen LogP contribution in [0.4, 0.5) is 10.2 Å². The van der Waals surface area contributed by atoms with Gasteiger partial charge in [0.15, 0.2) is 5.82 Å². The first-order chi connectivity index (χ1) is 12.2. The summed E-state index contributed by atoms with van der Waals surface area (Å²) in [5, 5.41) is 2.19. The van der Waals surface area contributed by atoms with Crippen molar-refractivity contribution in [1.29, 1.82) is 0 Å². The predicted octanol–water partition coefficient (Wildman–Crippen LogP) is 6.24. The van der Waals surface area contributed by atoms with Crippen LogP contribution in [0.5, 0.6) is 0 Å². The standard InChI is InChI=1S/C21H17FN2S/c1-2-3-15-4-6-16(7-5-15)17-8-10-18(11-9-17)19-13-23-21(24-14-25)12-20(19)22/h4-13H,2-3H2,1H3. The zero-order valence-corrected chi connectivity index (χ0v) is 14.7. The Morgan fingerprint density at radius 1 is 1.00 bits per heavy atom. The summed E-state index contributed by atoms with van der Waals surface area (Å²) in [5.74, 6) is -0.157. The molecule has 0 atom stereocenters. The number of halogens is 1. The molecule has 1 heterocycles. The smallest absolute Gasteiger partial charge is 0.165 e. The van der Waals surface area contributed by atoms with Crippen molar-refractivity contribution in [3.63, 3.8) is 0 Å². The second-order valence-corrected chi connectivity index (χ2v) is 5.93. The summed E-state index contributed by atoms with van der Waals surface area (Å²) in [7, 11) is 0. The van der Waals surface area contributed by atoms with Gasteiger partial charge in [0, 0.05) is 17.8 Å². The van der Waals surface area contributed by atoms with E-state index in [4.69, 9.17) is 0 Å². The molecular formula is C21H17FN2S. The van der Waals surface area contributed by atoms with Crippen LogP contribution >= 0.6 is 12.2 Å². The van der Waals surface area contributed by atoms with Gasteiger partial charge in [0.2, 0.25) is 0 Å². The third-order valence-corrected chi connectivity index (χ3v) is 4.11. The van der Waals surface area contributed by atoms with Crippen LogP contribution in [-0.4, -0.2) is 10.1 Å². The molecule has 0 N–H and O–H groups in total. The monoisotopic (exact) mass is 348 g/mol. The number of aryl methyl sites for hydroxylation is 1. The molecule has 25 heavy (non-hydrogen) atoms. The molecule has 1 aromatic heterocycles. The molecule has 0 amide bonds. The molecule has 0 saturated carbocycles. The van der Waals surface area contributed by atoms with Gasteiger partial charge < -0.3 is 0 Å². The first-order valence-electron chi connectivity index (χ1n) is 8.14. The van der Waals surface area contributed by atoms with Crippen molar-refractivity contribution in [2.45, 2.75) is 19.8 Å². The number of pyridine rings is 1. The minimum Gasteiger partial charge on any atom is -0.236 e. The highest BCUT2D eigenvalue weighted by Gasteiger charge is 2.08. The van der Waals surface area contributed by atoms with Crippen molar-refractivity contribution in [3.05, 3.63) is 72.2 Å². The maximum absolute atomic E-state index is 14.2. The van der Waals surface area contributed by atoms with E-state index in [-0.39, 0.29) is 11.6 Å². The van der Waals surface area contributed by atoms with E-state index in [0.717, 1.165) is 29.5 Å². The van der Waals surface area contributed by atoms with Crippen molar-refractivity contribution >= 4 is 23.2 Å². The Balaban J connectivity index is 1.86. The summed E-state index contributed by atoms with van der Waals surface area (Å²) >= 11 is 4.51. The van der Waals surface area contributed by atoms with Crippen molar-refractivity contribution in [1.82, 2.24) is 4.98 Å². The summed E-state index contributed by atoms with van der Waals surface area (Å²) in [6.45, 7) is 2.18. The van der Waals surface area contributed by atoms with Crippen molar-refractivity contribution in [2.75, 3.05) is 0 Å². The van der Waals surface area contributed by atoms with Gasteiger partial charge in [-0.05, 0) is 40.9 Å². The second kappa shape index (κ2) is 7.93. The van der Waals surface area contributed by atoms with Gasteiger partial charge in [0.05, 0.1) is 5.16 Å². The maximum Gasteiger partial charge on any atom is 0.165 e. The van der Waals surface area contributed by atoms with Gasteiger partial charge in [0.25, 0.3) is 0 Å². The summed E-state index contributed by atoms with van der Waals surface area (Å²) in [4.78, 5) is 7.77. The molecule has 0 aliphatic rings. The number of isothiocyanates is 1. The normalized spacial score (nSPS) is 10.3. The Bertz CT molecular complexity index is 912. The Morgan fingerprint density at radius 2 is 1.60 bits per heavy atom. The van der Waals surface area contributed by atoms with Crippen LogP contribution in [0.15, 0.2) is 65.8 Å². The number of benzene rings is 2. The molecule has 0 unspecified atom stereocenters. The van der Waals surface area contributed by atoms with E-state index in [1.807, 2.05) is 24.3 Å². The highest BCUT2D eigenvalue weighted by atomic mass is 32.1. The number of rotatable bonds is 5. The van der Waals surface area contributed by atoms with Crippen LogP contribution in [0.1, 0.15) is 18.9 Å². The number of nitrogens with zero attached hydrogens (tertiary/aromatic N) is 2. The van der Waals surface area contributed by atoms with Crippen LogP contribution in [0, 0.1) is 5.82 Å². The molecule has 0 radical (unpaired) electrons. The van der Waals surface area contributed by atoms with Crippen molar-refractivity contribution in [3.8, 4) is 22.3 Å². The molecule has 2 nitrogen and oxygen atoms in total. The summed E-state index contributed by atoms with van der Waals surface area (Å²) in [6.07, 6.45) is 3.70. The van der Waals surface area contributed by atoms with Crippen LogP contribution in [0.2, 0.25) is 0 Å². The van der Waals surface area contributed by atoms with E-state index in [9.17, 15) is 4.39 Å². The van der Waals surface area contributed by atoms with Gasteiger partial charge in [-0.1, -0.05) is 61.9 Å². The van der Waals surface area contributed by atoms with E-state index in [0.29, 0.717) is 5.56 Å². The van der Waals surface area contributed by atoms with Crippen LogP contribution < -0.4 is 0 Å². The fourth-order valence-corrected chi connectivity index (χ4v) is 2.83. The molecule has 0 aliphatic heterocycles. The van der Waals surface area contributed by atoms with Crippen LogP contribution in [0.3, 0.4) is 0 Å². The third kappa shape index (κ3) is 4.05. The number of thiocarbonyl (C=S) groups is 1. The summed E-state index contributed by atoms with van der Waals surface area (Å²) in [6, 6.07) is 17.6. The lowest BCUT2D eigenvalue weighted by atomic mass is 9.99. The van der Waals surface area contributed by atoms with Crippen molar-refractivity contribution in [2.24, 2.45) is 4.99 Å². The van der Waals surface area contributed by atoms with E-state index in [1.54, 1.807) is 0 Å². The lowest BCUT2D eigenvalue weighted by Crippen LogP contribution is -1.88. The fourth-order valence-electron chi connectivity index (χ4n) is 2.74. The fraction of sp³-hybridized carbons (Fsp3) is 0.143. The molecule has 0 saturated heterocycles. The topological polar surface area (TPSA) is 25.2 Å². The van der Waals surface area contributed by atoms with Crippen molar-refractivity contribution < 1.29 is 4.39 Å². The first kappa shape index (κ1) is 17.2. The van der Waals surface area contributed by atoms with Gasteiger partial charge in [-0.15, -0.1) is 0 Å². The Kier molecular flexibility index (Phi) is 5.44. The van der Waals surface area contributed by atoms with Gasteiger partial charge in [-0.3, -0.25) is 0 Å². The number of hydrogen-bond donors (Lipinski definition) is 0. The molecule has 0 fully saturated rings. The lowest BCUT2D eigenvalue weighted by Gasteiger charge is -2.07. The zero-order valence-electron chi connectivity index (χ0n) is 13.9. The van der Waals surface area contributed by atoms with E-state index in [1.165, 1.54) is 17.8 Å². The SMILES string of the molecule is CCCc1ccc(-c2ccc(-c3cnc(N=C=S)cc3F)cc2)cc1. The minimum atomic E-state index is -0.379. The third-order valence-electron chi connectivity index (χ3n) is 4.02. The first-order valence-corrected chi connectivity index (χ1v) is 8.55. The lowest BCUT2D eigenvalue weighted by molar-refractivity contribution is 0.629. The molecule has 0 aliphatic carbocycles. The molecule has 3 aromatic rings. The average Bonchev–Trinajstić information content (AvgIpc) is 2.63. The van der Waals surface area contributed by atoms with Crippen LogP contribution in [-0.2, 0) is 6.42 Å². The molecule has 4 heteroatoms. The highest BCUT2D eigenvalue weighted by molar-refractivity contribution is 7.78. The average molecular weight is 348 g/mol. The largest absolute Gasteiger partial charge is 0.236 e. The maximum atomic E-state index is 14.2. The van der Waals surface area contributed by atoms with Gasteiger partial charge in [-0.25, -0.2) is 9.37 Å². The molecule has 0 bridgehead atoms. The van der Waals surface area contributed by atoms with E-state index < -0.39 is 0 Å². The zero-order chi connectivity index (χ0) is 17.6. The van der Waals surface area contributed by atoms with Crippen LogP contribution in [0.25, 0.3) is 22.3 Å². The van der Waals surface area contributed by atoms with Gasteiger partial charge in [0.1, 0.15) is 5.82 Å². The van der Waals surface area contributed by atoms with E-state index >= 15 is 0 Å². The Labute approximate surface area is 152 Å². The molecule has 0 spiro atoms.